The zero-order valence-electron chi connectivity index (χ0n) is 18.0. The summed E-state index contributed by atoms with van der Waals surface area (Å²) in [5.41, 5.74) is 1.88. The van der Waals surface area contributed by atoms with Crippen LogP contribution in [0.15, 0.2) is 48.5 Å². The summed E-state index contributed by atoms with van der Waals surface area (Å²) in [6.07, 6.45) is 3.41. The Morgan fingerprint density at radius 3 is 2.40 bits per heavy atom. The maximum absolute atomic E-state index is 13.0. The fourth-order valence-corrected chi connectivity index (χ4v) is 4.94. The van der Waals surface area contributed by atoms with Gasteiger partial charge in [0, 0.05) is 12.0 Å². The molecule has 1 amide bonds. The van der Waals surface area contributed by atoms with E-state index in [1.807, 2.05) is 43.3 Å². The van der Waals surface area contributed by atoms with E-state index < -0.39 is 10.0 Å². The second kappa shape index (κ2) is 8.68. The van der Waals surface area contributed by atoms with Gasteiger partial charge >= 0.3 is 0 Å². The van der Waals surface area contributed by atoms with Crippen LogP contribution in [0.3, 0.4) is 0 Å². The number of sulfonamides is 1. The molecule has 2 aromatic carbocycles. The van der Waals surface area contributed by atoms with Crippen molar-refractivity contribution in [3.63, 3.8) is 0 Å². The second-order valence-electron chi connectivity index (χ2n) is 7.91. The van der Waals surface area contributed by atoms with Gasteiger partial charge in [0.15, 0.2) is 0 Å². The average Bonchev–Trinajstić information content (AvgIpc) is 2.71. The number of aryl methyl sites for hydroxylation is 1. The number of para-hydroxylation sites is 2. The highest BCUT2D eigenvalue weighted by atomic mass is 32.2. The molecule has 0 saturated carbocycles. The van der Waals surface area contributed by atoms with Crippen molar-refractivity contribution in [1.82, 2.24) is 5.32 Å². The van der Waals surface area contributed by atoms with E-state index in [0.29, 0.717) is 12.1 Å². The zero-order chi connectivity index (χ0) is 21.9. The first-order valence-electron chi connectivity index (χ1n) is 10.3. The van der Waals surface area contributed by atoms with Gasteiger partial charge in [-0.15, -0.1) is 0 Å². The Kier molecular flexibility index (Phi) is 6.41. The lowest BCUT2D eigenvalue weighted by atomic mass is 9.83. The van der Waals surface area contributed by atoms with E-state index in [1.54, 1.807) is 12.1 Å². The third-order valence-electron chi connectivity index (χ3n) is 5.89. The van der Waals surface area contributed by atoms with Crippen LogP contribution in [-0.2, 0) is 14.8 Å². The Hall–Kier alpha value is -2.54. The first kappa shape index (κ1) is 22.2. The first-order valence-corrected chi connectivity index (χ1v) is 12.1. The van der Waals surface area contributed by atoms with Gasteiger partial charge in [-0.2, -0.15) is 0 Å². The summed E-state index contributed by atoms with van der Waals surface area (Å²) in [6.45, 7) is 5.73. The van der Waals surface area contributed by atoms with Gasteiger partial charge in [-0.25, -0.2) is 8.42 Å². The monoisotopic (exact) mass is 430 g/mol. The van der Waals surface area contributed by atoms with Crippen molar-refractivity contribution in [1.29, 1.82) is 0 Å². The molecule has 1 N–H and O–H groups in total. The van der Waals surface area contributed by atoms with Gasteiger partial charge in [0.1, 0.15) is 17.9 Å². The van der Waals surface area contributed by atoms with Crippen molar-refractivity contribution >= 4 is 21.6 Å². The van der Waals surface area contributed by atoms with E-state index in [2.05, 4.69) is 19.2 Å². The third kappa shape index (κ3) is 4.61. The van der Waals surface area contributed by atoms with Gasteiger partial charge in [0.05, 0.1) is 18.0 Å². The minimum atomic E-state index is -3.62. The molecule has 1 aliphatic heterocycles. The maximum atomic E-state index is 13.0. The van der Waals surface area contributed by atoms with Gasteiger partial charge in [-0.1, -0.05) is 50.2 Å². The molecular formula is C23H30N2O4S. The van der Waals surface area contributed by atoms with Gasteiger partial charge in [0.25, 0.3) is 0 Å². The number of amides is 1. The van der Waals surface area contributed by atoms with Crippen LogP contribution in [-0.4, -0.2) is 32.7 Å². The largest absolute Gasteiger partial charge is 0.487 e. The number of nitrogens with one attached hydrogen (secondary N) is 1. The fourth-order valence-electron chi connectivity index (χ4n) is 4.02. The number of hydrogen-bond donors (Lipinski definition) is 1. The smallest absolute Gasteiger partial charge is 0.241 e. The third-order valence-corrected chi connectivity index (χ3v) is 7.02. The standard InChI is InChI=1S/C23H30N2O4S/c1-5-23(6-2)15-19(18-12-8-10-14-21(18)29-23)24-22(26)16-25(30(4,27)28)20-13-9-7-11-17(20)3/h7-14,19H,5-6,15-16H2,1-4H3,(H,24,26). The molecule has 2 aromatic rings. The highest BCUT2D eigenvalue weighted by molar-refractivity contribution is 7.92. The van der Waals surface area contributed by atoms with Gasteiger partial charge in [-0.3, -0.25) is 9.10 Å². The van der Waals surface area contributed by atoms with Crippen LogP contribution in [0.4, 0.5) is 5.69 Å². The minimum absolute atomic E-state index is 0.236. The summed E-state index contributed by atoms with van der Waals surface area (Å²) in [6, 6.07) is 14.6. The molecule has 1 unspecified atom stereocenters. The minimum Gasteiger partial charge on any atom is -0.487 e. The maximum Gasteiger partial charge on any atom is 0.241 e. The zero-order valence-corrected chi connectivity index (χ0v) is 18.8. The SMILES string of the molecule is CCC1(CC)CC(NC(=O)CN(c2ccccc2C)S(C)(=O)=O)c2ccccc2O1. The molecular weight excluding hydrogens is 400 g/mol. The lowest BCUT2D eigenvalue weighted by molar-refractivity contribution is -0.121. The lowest BCUT2D eigenvalue weighted by Crippen LogP contribution is -2.47. The van der Waals surface area contributed by atoms with Gasteiger partial charge in [-0.05, 0) is 37.5 Å². The molecule has 0 fully saturated rings. The molecule has 7 heteroatoms. The summed E-state index contributed by atoms with van der Waals surface area (Å²) in [4.78, 5) is 13.0. The van der Waals surface area contributed by atoms with E-state index in [1.165, 1.54) is 0 Å². The van der Waals surface area contributed by atoms with E-state index in [0.717, 1.165) is 40.3 Å². The van der Waals surface area contributed by atoms with Crippen LogP contribution in [0.5, 0.6) is 5.75 Å². The highest BCUT2D eigenvalue weighted by Gasteiger charge is 2.39. The molecule has 0 aromatic heterocycles. The van der Waals surface area contributed by atoms with Crippen LogP contribution in [0, 0.1) is 6.92 Å². The summed E-state index contributed by atoms with van der Waals surface area (Å²) in [5.74, 6) is 0.433. The number of rotatable bonds is 7. The van der Waals surface area contributed by atoms with Crippen molar-refractivity contribution in [2.75, 3.05) is 17.1 Å². The number of benzene rings is 2. The summed E-state index contributed by atoms with van der Waals surface area (Å²) >= 11 is 0. The van der Waals surface area contributed by atoms with Crippen LogP contribution in [0.2, 0.25) is 0 Å². The van der Waals surface area contributed by atoms with Crippen LogP contribution < -0.4 is 14.4 Å². The number of carbonyl (C=O) groups excluding carboxylic acids is 1. The number of carbonyl (C=O) groups is 1. The molecule has 6 nitrogen and oxygen atoms in total. The molecule has 1 aliphatic rings. The number of hydrogen-bond acceptors (Lipinski definition) is 4. The van der Waals surface area contributed by atoms with Crippen molar-refractivity contribution < 1.29 is 17.9 Å². The molecule has 1 heterocycles. The predicted molar refractivity (Wildman–Crippen MR) is 119 cm³/mol. The Bertz CT molecular complexity index is 1020. The summed E-state index contributed by atoms with van der Waals surface area (Å²) in [7, 11) is -3.62. The molecule has 0 aliphatic carbocycles. The number of nitrogens with zero attached hydrogens (tertiary/aromatic N) is 1. The number of fused-ring (bicyclic) bond motifs is 1. The van der Waals surface area contributed by atoms with E-state index in [-0.39, 0.29) is 24.1 Å². The van der Waals surface area contributed by atoms with E-state index in [9.17, 15) is 13.2 Å². The Morgan fingerprint density at radius 1 is 1.13 bits per heavy atom. The average molecular weight is 431 g/mol. The number of anilines is 1. The van der Waals surface area contributed by atoms with Gasteiger partial charge in [0.2, 0.25) is 15.9 Å². The lowest BCUT2D eigenvalue weighted by Gasteiger charge is -2.41. The molecule has 0 spiro atoms. The topological polar surface area (TPSA) is 75.7 Å². The van der Waals surface area contributed by atoms with Crippen LogP contribution >= 0.6 is 0 Å². The van der Waals surface area contributed by atoms with Crippen molar-refractivity contribution in [3.8, 4) is 5.75 Å². The molecule has 0 radical (unpaired) electrons. The van der Waals surface area contributed by atoms with Crippen molar-refractivity contribution in [2.45, 2.75) is 51.7 Å². The van der Waals surface area contributed by atoms with Crippen LogP contribution in [0.25, 0.3) is 0 Å². The molecule has 162 valence electrons. The molecule has 1 atom stereocenters. The first-order chi connectivity index (χ1) is 14.2. The quantitative estimate of drug-likeness (QED) is 0.721. The van der Waals surface area contributed by atoms with E-state index in [4.69, 9.17) is 4.74 Å². The van der Waals surface area contributed by atoms with E-state index >= 15 is 0 Å². The molecule has 0 saturated heterocycles. The van der Waals surface area contributed by atoms with Crippen molar-refractivity contribution in [2.24, 2.45) is 0 Å². The second-order valence-corrected chi connectivity index (χ2v) is 9.82. The Balaban J connectivity index is 1.86. The van der Waals surface area contributed by atoms with Gasteiger partial charge < -0.3 is 10.1 Å². The summed E-state index contributed by atoms with van der Waals surface area (Å²) < 4.78 is 32.3. The highest BCUT2D eigenvalue weighted by Crippen LogP contribution is 2.42. The predicted octanol–water partition coefficient (Wildman–Crippen LogP) is 3.96. The normalized spacial score (nSPS) is 17.5. The number of ether oxygens (including phenoxy) is 1. The Morgan fingerprint density at radius 2 is 1.77 bits per heavy atom. The molecule has 30 heavy (non-hydrogen) atoms. The Labute approximate surface area is 179 Å². The van der Waals surface area contributed by atoms with Crippen LogP contribution in [0.1, 0.15) is 50.3 Å². The molecule has 0 bridgehead atoms. The fraction of sp³-hybridized carbons (Fsp3) is 0.435. The van der Waals surface area contributed by atoms with Crippen molar-refractivity contribution in [3.05, 3.63) is 59.7 Å². The summed E-state index contributed by atoms with van der Waals surface area (Å²) in [5, 5.41) is 3.07. The molecule has 3 rings (SSSR count).